The molecule has 1 aromatic rings. The van der Waals surface area contributed by atoms with Crippen molar-refractivity contribution in [2.45, 2.75) is 19.4 Å². The van der Waals surface area contributed by atoms with Gasteiger partial charge in [-0.2, -0.15) is 0 Å². The normalized spacial score (nSPS) is 11.9. The van der Waals surface area contributed by atoms with E-state index in [0.717, 1.165) is 5.56 Å². The van der Waals surface area contributed by atoms with Gasteiger partial charge >= 0.3 is 0 Å². The predicted octanol–water partition coefficient (Wildman–Crippen LogP) is -0.195. The summed E-state index contributed by atoms with van der Waals surface area (Å²) in [7, 11) is 0. The van der Waals surface area contributed by atoms with E-state index in [2.05, 4.69) is 0 Å². The van der Waals surface area contributed by atoms with E-state index in [1.807, 2.05) is 30.3 Å². The van der Waals surface area contributed by atoms with Gasteiger partial charge in [0.05, 0.1) is 6.04 Å². The molecule has 0 radical (unpaired) electrons. The molecule has 1 unspecified atom stereocenters. The molecule has 0 aliphatic carbocycles. The van der Waals surface area contributed by atoms with Crippen LogP contribution in [0.15, 0.2) is 30.3 Å². The molecule has 4 N–H and O–H groups in total. The molecule has 16 heavy (non-hydrogen) atoms. The van der Waals surface area contributed by atoms with Crippen molar-refractivity contribution in [2.24, 2.45) is 11.6 Å². The second-order valence-electron chi connectivity index (χ2n) is 3.52. The van der Waals surface area contributed by atoms with E-state index >= 15 is 0 Å². The summed E-state index contributed by atoms with van der Waals surface area (Å²) in [5.41, 5.74) is 6.60. The fourth-order valence-corrected chi connectivity index (χ4v) is 1.29. The van der Waals surface area contributed by atoms with Crippen LogP contribution in [0.3, 0.4) is 0 Å². The van der Waals surface area contributed by atoms with Gasteiger partial charge in [-0.25, -0.2) is 10.9 Å². The average Bonchev–Trinajstić information content (AvgIpc) is 2.28. The molecule has 0 aliphatic heterocycles. The highest BCUT2D eigenvalue weighted by Gasteiger charge is 2.21. The van der Waals surface area contributed by atoms with Crippen LogP contribution in [-0.4, -0.2) is 22.9 Å². The van der Waals surface area contributed by atoms with Gasteiger partial charge in [0, 0.05) is 6.92 Å². The Balaban J connectivity index is 2.62. The fourth-order valence-electron chi connectivity index (χ4n) is 1.29. The van der Waals surface area contributed by atoms with Gasteiger partial charge in [0.25, 0.3) is 5.91 Å². The van der Waals surface area contributed by atoms with Crippen molar-refractivity contribution in [3.05, 3.63) is 35.9 Å². The first-order valence-electron chi connectivity index (χ1n) is 4.91. The van der Waals surface area contributed by atoms with Crippen molar-refractivity contribution in [2.75, 3.05) is 0 Å². The lowest BCUT2D eigenvalue weighted by Crippen LogP contribution is -2.50. The van der Waals surface area contributed by atoms with Gasteiger partial charge in [0.15, 0.2) is 0 Å². The SMILES string of the molecule is CC(=O)N(N)C(=O)C(N)Cc1ccccc1. The van der Waals surface area contributed by atoms with Crippen LogP contribution >= 0.6 is 0 Å². The molecule has 0 fully saturated rings. The second kappa shape index (κ2) is 5.39. The van der Waals surface area contributed by atoms with E-state index in [-0.39, 0.29) is 0 Å². The molecule has 0 saturated carbocycles. The third-order valence-corrected chi connectivity index (χ3v) is 2.19. The minimum absolute atomic E-state index is 0.362. The lowest BCUT2D eigenvalue weighted by molar-refractivity contribution is -0.144. The molecule has 86 valence electrons. The first-order valence-corrected chi connectivity index (χ1v) is 4.91. The Labute approximate surface area is 94.0 Å². The molecule has 5 nitrogen and oxygen atoms in total. The third kappa shape index (κ3) is 3.15. The number of carbonyl (C=O) groups excluding carboxylic acids is 2. The number of hydrogen-bond donors (Lipinski definition) is 2. The zero-order valence-corrected chi connectivity index (χ0v) is 9.09. The van der Waals surface area contributed by atoms with Crippen LogP contribution in [0.5, 0.6) is 0 Å². The summed E-state index contributed by atoms with van der Waals surface area (Å²) < 4.78 is 0. The molecule has 0 aliphatic rings. The van der Waals surface area contributed by atoms with Crippen LogP contribution in [0.25, 0.3) is 0 Å². The number of carbonyl (C=O) groups is 2. The zero-order chi connectivity index (χ0) is 12.1. The summed E-state index contributed by atoms with van der Waals surface area (Å²) >= 11 is 0. The number of nitrogens with two attached hydrogens (primary N) is 2. The van der Waals surface area contributed by atoms with Crippen LogP contribution in [0.2, 0.25) is 0 Å². The molecule has 5 heteroatoms. The maximum Gasteiger partial charge on any atom is 0.260 e. The molecular weight excluding hydrogens is 206 g/mol. The van der Waals surface area contributed by atoms with Crippen molar-refractivity contribution < 1.29 is 9.59 Å². The quantitative estimate of drug-likeness (QED) is 0.420. The van der Waals surface area contributed by atoms with Crippen LogP contribution in [-0.2, 0) is 16.0 Å². The largest absolute Gasteiger partial charge is 0.320 e. The number of amides is 2. The van der Waals surface area contributed by atoms with E-state index in [0.29, 0.717) is 11.4 Å². The molecular formula is C11H15N3O2. The van der Waals surface area contributed by atoms with Gasteiger partial charge in [-0.05, 0) is 12.0 Å². The smallest absolute Gasteiger partial charge is 0.260 e. The maximum absolute atomic E-state index is 11.5. The van der Waals surface area contributed by atoms with Gasteiger partial charge < -0.3 is 5.73 Å². The number of nitrogens with zero attached hydrogens (tertiary/aromatic N) is 1. The van der Waals surface area contributed by atoms with Gasteiger partial charge in [0.1, 0.15) is 0 Å². The summed E-state index contributed by atoms with van der Waals surface area (Å²) in [5.74, 6) is 4.18. The standard InChI is InChI=1S/C11H15N3O2/c1-8(15)14(13)11(16)10(12)7-9-5-3-2-4-6-9/h2-6,10H,7,12-13H2,1H3. The number of rotatable bonds is 3. The monoisotopic (exact) mass is 221 g/mol. The summed E-state index contributed by atoms with van der Waals surface area (Å²) in [4.78, 5) is 22.4. The lowest BCUT2D eigenvalue weighted by atomic mass is 10.1. The highest BCUT2D eigenvalue weighted by Crippen LogP contribution is 2.03. The molecule has 1 rings (SSSR count). The molecule has 0 saturated heterocycles. The van der Waals surface area contributed by atoms with E-state index in [1.165, 1.54) is 6.92 Å². The molecule has 2 amide bonds. The van der Waals surface area contributed by atoms with Crippen LogP contribution in [0.1, 0.15) is 12.5 Å². The fraction of sp³-hybridized carbons (Fsp3) is 0.273. The number of imide groups is 1. The Hall–Kier alpha value is -1.72. The lowest BCUT2D eigenvalue weighted by Gasteiger charge is -2.17. The summed E-state index contributed by atoms with van der Waals surface area (Å²) in [6.45, 7) is 1.22. The Morgan fingerprint density at radius 1 is 1.31 bits per heavy atom. The van der Waals surface area contributed by atoms with E-state index in [4.69, 9.17) is 11.6 Å². The van der Waals surface area contributed by atoms with Crippen molar-refractivity contribution in [3.8, 4) is 0 Å². The first kappa shape index (κ1) is 12.4. The van der Waals surface area contributed by atoms with E-state index in [9.17, 15) is 9.59 Å². The third-order valence-electron chi connectivity index (χ3n) is 2.19. The van der Waals surface area contributed by atoms with Crippen LogP contribution in [0, 0.1) is 0 Å². The molecule has 1 atom stereocenters. The molecule has 0 bridgehead atoms. The van der Waals surface area contributed by atoms with Crippen molar-refractivity contribution in [3.63, 3.8) is 0 Å². The zero-order valence-electron chi connectivity index (χ0n) is 9.09. The second-order valence-corrected chi connectivity index (χ2v) is 3.52. The van der Waals surface area contributed by atoms with Crippen LogP contribution in [0.4, 0.5) is 0 Å². The number of hydrazine groups is 1. The maximum atomic E-state index is 11.5. The van der Waals surface area contributed by atoms with Crippen LogP contribution < -0.4 is 11.6 Å². The van der Waals surface area contributed by atoms with E-state index in [1.54, 1.807) is 0 Å². The van der Waals surface area contributed by atoms with E-state index < -0.39 is 17.9 Å². The van der Waals surface area contributed by atoms with Crippen molar-refractivity contribution in [1.29, 1.82) is 0 Å². The minimum Gasteiger partial charge on any atom is -0.320 e. The van der Waals surface area contributed by atoms with Crippen molar-refractivity contribution >= 4 is 11.8 Å². The summed E-state index contributed by atoms with van der Waals surface area (Å²) in [6, 6.07) is 8.52. The first-order chi connectivity index (χ1) is 7.52. The Bertz CT molecular complexity index is 378. The highest BCUT2D eigenvalue weighted by molar-refractivity contribution is 5.96. The predicted molar refractivity (Wildman–Crippen MR) is 59.8 cm³/mol. The van der Waals surface area contributed by atoms with Gasteiger partial charge in [-0.15, -0.1) is 0 Å². The Kier molecular flexibility index (Phi) is 4.16. The van der Waals surface area contributed by atoms with Gasteiger partial charge in [-0.3, -0.25) is 9.59 Å². The van der Waals surface area contributed by atoms with Crippen molar-refractivity contribution in [1.82, 2.24) is 5.01 Å². The molecule has 1 aromatic carbocycles. The molecule has 0 aromatic heterocycles. The summed E-state index contributed by atoms with van der Waals surface area (Å²) in [6.07, 6.45) is 0.362. The number of benzene rings is 1. The van der Waals surface area contributed by atoms with Gasteiger partial charge in [-0.1, -0.05) is 30.3 Å². The summed E-state index contributed by atoms with van der Waals surface area (Å²) in [5, 5.41) is 0.549. The molecule has 0 spiro atoms. The molecule has 0 heterocycles. The minimum atomic E-state index is -0.795. The Morgan fingerprint density at radius 2 is 1.88 bits per heavy atom. The topological polar surface area (TPSA) is 89.4 Å². The highest BCUT2D eigenvalue weighted by atomic mass is 16.2. The Morgan fingerprint density at radius 3 is 2.38 bits per heavy atom. The average molecular weight is 221 g/mol. The number of hydrogen-bond acceptors (Lipinski definition) is 4. The van der Waals surface area contributed by atoms with Gasteiger partial charge in [0.2, 0.25) is 5.91 Å².